The van der Waals surface area contributed by atoms with Crippen LogP contribution in [0, 0.1) is 0 Å². The van der Waals surface area contributed by atoms with Crippen molar-refractivity contribution >= 4 is 16.9 Å². The van der Waals surface area contributed by atoms with E-state index in [0.717, 1.165) is 16.7 Å². The van der Waals surface area contributed by atoms with Gasteiger partial charge in [0.05, 0.1) is 19.9 Å². The SMILES string of the molecule is COc1ccc2c(ccn2Cc2ccoc2C(=O)O)c1. The quantitative estimate of drug-likeness (QED) is 0.792. The molecule has 0 bridgehead atoms. The van der Waals surface area contributed by atoms with Crippen LogP contribution >= 0.6 is 0 Å². The molecule has 0 aliphatic carbocycles. The van der Waals surface area contributed by atoms with Gasteiger partial charge in [0.15, 0.2) is 0 Å². The first kappa shape index (κ1) is 12.3. The Morgan fingerprint density at radius 3 is 2.95 bits per heavy atom. The molecule has 3 rings (SSSR count). The Kier molecular flexibility index (Phi) is 2.95. The normalized spacial score (nSPS) is 10.8. The highest BCUT2D eigenvalue weighted by Crippen LogP contribution is 2.23. The summed E-state index contributed by atoms with van der Waals surface area (Å²) >= 11 is 0. The summed E-state index contributed by atoms with van der Waals surface area (Å²) in [6.07, 6.45) is 3.32. The monoisotopic (exact) mass is 271 g/mol. The molecule has 3 aromatic rings. The van der Waals surface area contributed by atoms with Crippen molar-refractivity contribution in [2.45, 2.75) is 6.54 Å². The molecule has 5 heteroatoms. The van der Waals surface area contributed by atoms with Crippen molar-refractivity contribution < 1.29 is 19.1 Å². The lowest BCUT2D eigenvalue weighted by Crippen LogP contribution is -2.03. The Balaban J connectivity index is 1.99. The summed E-state index contributed by atoms with van der Waals surface area (Å²) in [5, 5.41) is 10.1. The van der Waals surface area contributed by atoms with Gasteiger partial charge in [-0.05, 0) is 30.3 Å². The number of rotatable bonds is 4. The maximum Gasteiger partial charge on any atom is 0.372 e. The molecule has 102 valence electrons. The van der Waals surface area contributed by atoms with Crippen molar-refractivity contribution in [2.75, 3.05) is 7.11 Å². The van der Waals surface area contributed by atoms with Crippen molar-refractivity contribution in [1.82, 2.24) is 4.57 Å². The zero-order valence-electron chi connectivity index (χ0n) is 10.9. The average molecular weight is 271 g/mol. The highest BCUT2D eigenvalue weighted by molar-refractivity contribution is 5.86. The molecule has 0 amide bonds. The fourth-order valence-electron chi connectivity index (χ4n) is 2.27. The van der Waals surface area contributed by atoms with Crippen LogP contribution in [0.2, 0.25) is 0 Å². The second-order valence-corrected chi connectivity index (χ2v) is 4.45. The Morgan fingerprint density at radius 1 is 1.35 bits per heavy atom. The number of carboxylic acid groups (broad SMARTS) is 1. The van der Waals surface area contributed by atoms with Gasteiger partial charge in [-0.2, -0.15) is 0 Å². The van der Waals surface area contributed by atoms with E-state index in [1.165, 1.54) is 6.26 Å². The van der Waals surface area contributed by atoms with E-state index < -0.39 is 5.97 Å². The van der Waals surface area contributed by atoms with E-state index in [1.807, 2.05) is 35.0 Å². The number of aromatic carboxylic acids is 1. The summed E-state index contributed by atoms with van der Waals surface area (Å²) in [4.78, 5) is 11.0. The maximum absolute atomic E-state index is 11.0. The van der Waals surface area contributed by atoms with Gasteiger partial charge in [-0.3, -0.25) is 0 Å². The second kappa shape index (κ2) is 4.77. The largest absolute Gasteiger partial charge is 0.497 e. The van der Waals surface area contributed by atoms with Crippen molar-refractivity contribution in [3.63, 3.8) is 0 Å². The Labute approximate surface area is 115 Å². The summed E-state index contributed by atoms with van der Waals surface area (Å²) in [5.74, 6) is -0.270. The molecule has 0 unspecified atom stereocenters. The molecule has 1 N–H and O–H groups in total. The van der Waals surface area contributed by atoms with Crippen LogP contribution in [0.15, 0.2) is 47.2 Å². The number of benzene rings is 1. The van der Waals surface area contributed by atoms with Crippen LogP contribution in [0.25, 0.3) is 10.9 Å². The lowest BCUT2D eigenvalue weighted by Gasteiger charge is -2.05. The zero-order valence-corrected chi connectivity index (χ0v) is 10.9. The highest BCUT2D eigenvalue weighted by Gasteiger charge is 2.14. The number of methoxy groups -OCH3 is 1. The van der Waals surface area contributed by atoms with E-state index in [1.54, 1.807) is 13.2 Å². The van der Waals surface area contributed by atoms with Crippen molar-refractivity contribution in [3.05, 3.63) is 54.1 Å². The molecule has 0 spiro atoms. The van der Waals surface area contributed by atoms with Crippen LogP contribution in [-0.4, -0.2) is 22.8 Å². The van der Waals surface area contributed by atoms with Crippen molar-refractivity contribution in [1.29, 1.82) is 0 Å². The fraction of sp³-hybridized carbons (Fsp3) is 0.133. The molecule has 0 aliphatic rings. The van der Waals surface area contributed by atoms with Gasteiger partial charge in [-0.15, -0.1) is 0 Å². The first-order valence-electron chi connectivity index (χ1n) is 6.11. The number of hydrogen-bond donors (Lipinski definition) is 1. The van der Waals surface area contributed by atoms with Crippen LogP contribution in [0.3, 0.4) is 0 Å². The van der Waals surface area contributed by atoms with Gasteiger partial charge in [-0.1, -0.05) is 0 Å². The van der Waals surface area contributed by atoms with E-state index in [-0.39, 0.29) is 5.76 Å². The molecule has 1 aromatic carbocycles. The summed E-state index contributed by atoms with van der Waals surface area (Å²) in [6, 6.07) is 9.43. The standard InChI is InChI=1S/C15H13NO4/c1-19-12-2-3-13-10(8-12)4-6-16(13)9-11-5-7-20-14(11)15(17)18/h2-8H,9H2,1H3,(H,17,18). The van der Waals surface area contributed by atoms with Crippen LogP contribution in [-0.2, 0) is 6.54 Å². The van der Waals surface area contributed by atoms with Crippen LogP contribution in [0.1, 0.15) is 16.1 Å². The molecule has 2 aromatic heterocycles. The van der Waals surface area contributed by atoms with Crippen LogP contribution in [0.4, 0.5) is 0 Å². The van der Waals surface area contributed by atoms with E-state index in [2.05, 4.69) is 0 Å². The zero-order chi connectivity index (χ0) is 14.1. The Bertz CT molecular complexity index is 769. The number of hydrogen-bond acceptors (Lipinski definition) is 3. The maximum atomic E-state index is 11.0. The number of ether oxygens (including phenoxy) is 1. The van der Waals surface area contributed by atoms with E-state index in [4.69, 9.17) is 14.3 Å². The minimum atomic E-state index is -1.05. The molecule has 0 aliphatic heterocycles. The Morgan fingerprint density at radius 2 is 2.20 bits per heavy atom. The number of carbonyl (C=O) groups is 1. The first-order chi connectivity index (χ1) is 9.69. The first-order valence-corrected chi connectivity index (χ1v) is 6.11. The molecule has 0 saturated carbocycles. The molecule has 2 heterocycles. The topological polar surface area (TPSA) is 64.6 Å². The molecule has 0 atom stereocenters. The average Bonchev–Trinajstić information content (AvgIpc) is 3.06. The van der Waals surface area contributed by atoms with Crippen molar-refractivity contribution in [3.8, 4) is 5.75 Å². The molecular weight excluding hydrogens is 258 g/mol. The smallest absolute Gasteiger partial charge is 0.372 e. The van der Waals surface area contributed by atoms with E-state index in [9.17, 15) is 4.79 Å². The van der Waals surface area contributed by atoms with E-state index >= 15 is 0 Å². The number of nitrogens with zero attached hydrogens (tertiary/aromatic N) is 1. The number of carboxylic acids is 1. The summed E-state index contributed by atoms with van der Waals surface area (Å²) in [7, 11) is 1.63. The number of fused-ring (bicyclic) bond motifs is 1. The predicted octanol–water partition coefficient (Wildman–Crippen LogP) is 2.99. The summed E-state index contributed by atoms with van der Waals surface area (Å²) < 4.78 is 12.2. The third kappa shape index (κ3) is 2.03. The fourth-order valence-corrected chi connectivity index (χ4v) is 2.27. The van der Waals surface area contributed by atoms with Gasteiger partial charge >= 0.3 is 5.97 Å². The Hall–Kier alpha value is -2.69. The van der Waals surface area contributed by atoms with Crippen molar-refractivity contribution in [2.24, 2.45) is 0 Å². The lowest BCUT2D eigenvalue weighted by atomic mass is 10.2. The summed E-state index contributed by atoms with van der Waals surface area (Å²) in [6.45, 7) is 0.452. The lowest BCUT2D eigenvalue weighted by molar-refractivity contribution is 0.0660. The number of aromatic nitrogens is 1. The van der Waals surface area contributed by atoms with Crippen LogP contribution in [0.5, 0.6) is 5.75 Å². The van der Waals surface area contributed by atoms with Gasteiger partial charge in [0.2, 0.25) is 5.76 Å². The third-order valence-electron chi connectivity index (χ3n) is 3.26. The molecule has 5 nitrogen and oxygen atoms in total. The second-order valence-electron chi connectivity index (χ2n) is 4.45. The minimum Gasteiger partial charge on any atom is -0.497 e. The molecule has 0 fully saturated rings. The van der Waals surface area contributed by atoms with Gasteiger partial charge < -0.3 is 18.8 Å². The summed E-state index contributed by atoms with van der Waals surface area (Å²) in [5.41, 5.74) is 1.66. The minimum absolute atomic E-state index is 0.0136. The molecule has 0 radical (unpaired) electrons. The predicted molar refractivity (Wildman–Crippen MR) is 73.3 cm³/mol. The highest BCUT2D eigenvalue weighted by atomic mass is 16.5. The van der Waals surface area contributed by atoms with Gasteiger partial charge in [0.25, 0.3) is 0 Å². The molecule has 20 heavy (non-hydrogen) atoms. The molecular formula is C15H13NO4. The van der Waals surface area contributed by atoms with Crippen LogP contribution < -0.4 is 4.74 Å². The third-order valence-corrected chi connectivity index (χ3v) is 3.26. The van der Waals surface area contributed by atoms with Gasteiger partial charge in [0.1, 0.15) is 5.75 Å². The van der Waals surface area contributed by atoms with Gasteiger partial charge in [0, 0.05) is 22.7 Å². The van der Waals surface area contributed by atoms with Gasteiger partial charge in [-0.25, -0.2) is 4.79 Å². The number of furan rings is 1. The van der Waals surface area contributed by atoms with E-state index in [0.29, 0.717) is 12.1 Å². The molecule has 0 saturated heterocycles.